The molecule has 13 heavy (non-hydrogen) atoms. The third-order valence-electron chi connectivity index (χ3n) is 4.50. The monoisotopic (exact) mass is 180 g/mol. The van der Waals surface area contributed by atoms with E-state index in [4.69, 9.17) is 0 Å². The summed E-state index contributed by atoms with van der Waals surface area (Å²) in [6.45, 7) is 2.32. The fourth-order valence-electron chi connectivity index (χ4n) is 3.88. The van der Waals surface area contributed by atoms with Crippen molar-refractivity contribution in [1.29, 1.82) is 0 Å². The Morgan fingerprint density at radius 2 is 1.92 bits per heavy atom. The van der Waals surface area contributed by atoms with Crippen LogP contribution in [-0.4, -0.2) is 19.3 Å². The molecule has 4 unspecified atom stereocenters. The largest absolute Gasteiger partial charge is 0.304 e. The normalized spacial score (nSPS) is 49.8. The zero-order valence-electron chi connectivity index (χ0n) is 8.26. The van der Waals surface area contributed by atoms with E-state index in [1.807, 2.05) is 0 Å². The first-order valence-electron chi connectivity index (χ1n) is 5.89. The molecule has 2 N–H and O–H groups in total. The summed E-state index contributed by atoms with van der Waals surface area (Å²) in [5.41, 5.74) is 0. The Hall–Kier alpha value is -0.0800. The van der Waals surface area contributed by atoms with Gasteiger partial charge in [0.25, 0.3) is 0 Å². The molecule has 1 saturated heterocycles. The van der Waals surface area contributed by atoms with Crippen LogP contribution in [0.15, 0.2) is 0 Å². The van der Waals surface area contributed by atoms with Gasteiger partial charge >= 0.3 is 0 Å². The van der Waals surface area contributed by atoms with Gasteiger partial charge in [0.1, 0.15) is 0 Å². The average Bonchev–Trinajstić information content (AvgIpc) is 2.65. The average molecular weight is 180 g/mol. The summed E-state index contributed by atoms with van der Waals surface area (Å²) >= 11 is 0. The molecule has 2 nitrogen and oxygen atoms in total. The SMILES string of the molecule is C1CC2CCC3NCNCC3C2C1. The van der Waals surface area contributed by atoms with Gasteiger partial charge < -0.3 is 10.6 Å². The smallest absolute Gasteiger partial charge is 0.0456 e. The molecule has 3 aliphatic rings. The quantitative estimate of drug-likeness (QED) is 0.587. The molecule has 1 heterocycles. The van der Waals surface area contributed by atoms with Crippen LogP contribution in [0.2, 0.25) is 0 Å². The first-order valence-corrected chi connectivity index (χ1v) is 5.89. The highest BCUT2D eigenvalue weighted by atomic mass is 15.1. The fraction of sp³-hybridized carbons (Fsp3) is 1.00. The molecule has 0 aromatic heterocycles. The highest BCUT2D eigenvalue weighted by molar-refractivity contribution is 4.96. The predicted octanol–water partition coefficient (Wildman–Crippen LogP) is 1.33. The van der Waals surface area contributed by atoms with Gasteiger partial charge in [-0.2, -0.15) is 0 Å². The first-order chi connectivity index (χ1) is 6.45. The van der Waals surface area contributed by atoms with Gasteiger partial charge in [0.2, 0.25) is 0 Å². The van der Waals surface area contributed by atoms with Crippen molar-refractivity contribution in [2.24, 2.45) is 17.8 Å². The molecule has 0 bridgehead atoms. The van der Waals surface area contributed by atoms with E-state index in [0.717, 1.165) is 30.5 Å². The summed E-state index contributed by atoms with van der Waals surface area (Å²) in [5.74, 6) is 3.09. The van der Waals surface area contributed by atoms with Gasteiger partial charge in [0.15, 0.2) is 0 Å². The maximum absolute atomic E-state index is 3.62. The second-order valence-corrected chi connectivity index (χ2v) is 5.04. The van der Waals surface area contributed by atoms with E-state index in [1.54, 1.807) is 0 Å². The Bertz CT molecular complexity index is 193. The van der Waals surface area contributed by atoms with Gasteiger partial charge in [0.05, 0.1) is 0 Å². The van der Waals surface area contributed by atoms with Crippen molar-refractivity contribution in [2.45, 2.75) is 38.1 Å². The minimum Gasteiger partial charge on any atom is -0.304 e. The number of fused-ring (bicyclic) bond motifs is 3. The Balaban J connectivity index is 1.77. The van der Waals surface area contributed by atoms with E-state index in [1.165, 1.54) is 38.6 Å². The lowest BCUT2D eigenvalue weighted by Gasteiger charge is -2.43. The van der Waals surface area contributed by atoms with Crippen LogP contribution in [0, 0.1) is 17.8 Å². The van der Waals surface area contributed by atoms with Crippen LogP contribution in [0.5, 0.6) is 0 Å². The van der Waals surface area contributed by atoms with E-state index in [0.29, 0.717) is 0 Å². The van der Waals surface area contributed by atoms with E-state index in [2.05, 4.69) is 10.6 Å². The molecule has 2 aliphatic carbocycles. The van der Waals surface area contributed by atoms with Crippen molar-refractivity contribution >= 4 is 0 Å². The van der Waals surface area contributed by atoms with Crippen LogP contribution >= 0.6 is 0 Å². The summed E-state index contributed by atoms with van der Waals surface area (Å²) in [6.07, 6.45) is 7.47. The van der Waals surface area contributed by atoms with E-state index >= 15 is 0 Å². The molecular formula is C11H20N2. The number of hydrogen-bond donors (Lipinski definition) is 2. The van der Waals surface area contributed by atoms with Gasteiger partial charge in [-0.15, -0.1) is 0 Å². The van der Waals surface area contributed by atoms with E-state index < -0.39 is 0 Å². The summed E-state index contributed by atoms with van der Waals surface area (Å²) in [4.78, 5) is 0. The Morgan fingerprint density at radius 3 is 2.92 bits per heavy atom. The van der Waals surface area contributed by atoms with Crippen molar-refractivity contribution in [3.05, 3.63) is 0 Å². The Kier molecular flexibility index (Phi) is 2.06. The molecule has 0 aromatic carbocycles. The minimum absolute atomic E-state index is 0.848. The number of hydrogen-bond acceptors (Lipinski definition) is 2. The summed E-state index contributed by atoms with van der Waals surface area (Å²) < 4.78 is 0. The summed E-state index contributed by atoms with van der Waals surface area (Å²) in [6, 6.07) is 0.848. The van der Waals surface area contributed by atoms with Crippen molar-refractivity contribution in [3.8, 4) is 0 Å². The molecule has 0 aromatic rings. The van der Waals surface area contributed by atoms with Crippen LogP contribution in [0.25, 0.3) is 0 Å². The third kappa shape index (κ3) is 1.31. The molecule has 74 valence electrons. The maximum atomic E-state index is 3.62. The third-order valence-corrected chi connectivity index (χ3v) is 4.50. The summed E-state index contributed by atoms with van der Waals surface area (Å²) in [5, 5.41) is 7.11. The molecule has 0 amide bonds. The predicted molar refractivity (Wildman–Crippen MR) is 53.3 cm³/mol. The lowest BCUT2D eigenvalue weighted by Crippen LogP contribution is -2.56. The molecule has 2 heteroatoms. The highest BCUT2D eigenvalue weighted by Crippen LogP contribution is 2.45. The minimum atomic E-state index is 0.848. The van der Waals surface area contributed by atoms with Crippen LogP contribution in [0.3, 0.4) is 0 Å². The maximum Gasteiger partial charge on any atom is 0.0456 e. The molecule has 3 fully saturated rings. The second-order valence-electron chi connectivity index (χ2n) is 5.04. The lowest BCUT2D eigenvalue weighted by molar-refractivity contribution is 0.108. The molecule has 0 radical (unpaired) electrons. The number of rotatable bonds is 0. The van der Waals surface area contributed by atoms with Gasteiger partial charge in [-0.3, -0.25) is 0 Å². The van der Waals surface area contributed by atoms with Crippen molar-refractivity contribution < 1.29 is 0 Å². The van der Waals surface area contributed by atoms with E-state index in [9.17, 15) is 0 Å². The highest BCUT2D eigenvalue weighted by Gasteiger charge is 2.42. The first kappa shape index (κ1) is 8.25. The van der Waals surface area contributed by atoms with Crippen molar-refractivity contribution in [3.63, 3.8) is 0 Å². The fourth-order valence-corrected chi connectivity index (χ4v) is 3.88. The van der Waals surface area contributed by atoms with Crippen LogP contribution in [0.1, 0.15) is 32.1 Å². The van der Waals surface area contributed by atoms with Crippen molar-refractivity contribution in [2.75, 3.05) is 13.2 Å². The number of nitrogens with one attached hydrogen (secondary N) is 2. The van der Waals surface area contributed by atoms with Gasteiger partial charge in [-0.25, -0.2) is 0 Å². The second kappa shape index (κ2) is 3.25. The lowest BCUT2D eigenvalue weighted by atomic mass is 9.70. The molecular weight excluding hydrogens is 160 g/mol. The molecule has 0 spiro atoms. The van der Waals surface area contributed by atoms with Gasteiger partial charge in [-0.1, -0.05) is 12.8 Å². The van der Waals surface area contributed by atoms with Crippen LogP contribution < -0.4 is 10.6 Å². The topological polar surface area (TPSA) is 24.1 Å². The Labute approximate surface area is 80.5 Å². The zero-order chi connectivity index (χ0) is 8.67. The van der Waals surface area contributed by atoms with Crippen molar-refractivity contribution in [1.82, 2.24) is 10.6 Å². The Morgan fingerprint density at radius 1 is 0.923 bits per heavy atom. The van der Waals surface area contributed by atoms with Gasteiger partial charge in [0, 0.05) is 19.3 Å². The summed E-state index contributed by atoms with van der Waals surface area (Å²) in [7, 11) is 0. The zero-order valence-corrected chi connectivity index (χ0v) is 8.26. The molecule has 2 saturated carbocycles. The molecule has 4 atom stereocenters. The van der Waals surface area contributed by atoms with Crippen LogP contribution in [-0.2, 0) is 0 Å². The van der Waals surface area contributed by atoms with Crippen LogP contribution in [0.4, 0.5) is 0 Å². The molecule has 1 aliphatic heterocycles. The standard InChI is InChI=1S/C11H20N2/c1-2-8-4-5-11-10(9(8)3-1)6-12-7-13-11/h8-13H,1-7H2. The molecule has 3 rings (SSSR count). The van der Waals surface area contributed by atoms with E-state index in [-0.39, 0.29) is 0 Å². The van der Waals surface area contributed by atoms with Gasteiger partial charge in [-0.05, 0) is 37.0 Å².